The van der Waals surface area contributed by atoms with Crippen LogP contribution in [0.5, 0.6) is 0 Å². The Morgan fingerprint density at radius 1 is 1.25 bits per heavy atom. The Labute approximate surface area is 186 Å². The van der Waals surface area contributed by atoms with Gasteiger partial charge >= 0.3 is 0 Å². The third kappa shape index (κ3) is 3.91. The lowest BCUT2D eigenvalue weighted by molar-refractivity contribution is -0.149. The molecule has 1 aliphatic rings. The lowest BCUT2D eigenvalue weighted by Crippen LogP contribution is -2.52. The summed E-state index contributed by atoms with van der Waals surface area (Å²) in [6.07, 6.45) is -0.117. The van der Waals surface area contributed by atoms with Crippen LogP contribution in [0.3, 0.4) is 0 Å². The Kier molecular flexibility index (Phi) is 5.59. The van der Waals surface area contributed by atoms with Gasteiger partial charge in [0, 0.05) is 41.1 Å². The van der Waals surface area contributed by atoms with Crippen molar-refractivity contribution < 1.29 is 23.9 Å². The molecule has 0 bridgehead atoms. The van der Waals surface area contributed by atoms with Crippen molar-refractivity contribution in [1.82, 2.24) is 15.7 Å². The quantitative estimate of drug-likeness (QED) is 0.169. The standard InChI is InChI=1S/C21H19ClFN5O4/c22-13-5-11(6-14(23)9-13)10-25-19(30)21(32)3-4-28(20(21)31)15-1-2-16-12(7-15)8-17(26-16)18(29)27-24/h1-2,5-9,26,32H,3-4,10,24H2,(H,25,30)(H,27,29). The number of aromatic nitrogens is 1. The van der Waals surface area contributed by atoms with Crippen molar-refractivity contribution in [3.63, 3.8) is 0 Å². The highest BCUT2D eigenvalue weighted by Gasteiger charge is 2.51. The van der Waals surface area contributed by atoms with E-state index >= 15 is 0 Å². The van der Waals surface area contributed by atoms with Gasteiger partial charge in [-0.15, -0.1) is 0 Å². The summed E-state index contributed by atoms with van der Waals surface area (Å²) in [7, 11) is 0. The van der Waals surface area contributed by atoms with E-state index in [0.29, 0.717) is 22.2 Å². The van der Waals surface area contributed by atoms with Crippen LogP contribution in [0.4, 0.5) is 10.1 Å². The maximum Gasteiger partial charge on any atom is 0.281 e. The van der Waals surface area contributed by atoms with Crippen LogP contribution >= 0.6 is 11.6 Å². The lowest BCUT2D eigenvalue weighted by Gasteiger charge is -2.22. The Morgan fingerprint density at radius 3 is 2.75 bits per heavy atom. The van der Waals surface area contributed by atoms with E-state index in [9.17, 15) is 23.9 Å². The number of nitrogens with two attached hydrogens (primary N) is 1. The second kappa shape index (κ2) is 8.23. The predicted molar refractivity (Wildman–Crippen MR) is 115 cm³/mol. The highest BCUT2D eigenvalue weighted by atomic mass is 35.5. The number of aliphatic hydroxyl groups is 1. The summed E-state index contributed by atoms with van der Waals surface area (Å²) in [5, 5.41) is 14.1. The molecular formula is C21H19ClFN5O4. The number of nitrogens with zero attached hydrogens (tertiary/aromatic N) is 1. The van der Waals surface area contributed by atoms with Gasteiger partial charge in [0.25, 0.3) is 17.7 Å². The fraction of sp³-hybridized carbons (Fsp3) is 0.190. The molecule has 1 unspecified atom stereocenters. The molecule has 2 aromatic carbocycles. The SMILES string of the molecule is NNC(=O)c1cc2cc(N3CCC(O)(C(=O)NCc4cc(F)cc(Cl)c4)C3=O)ccc2[nH]1. The molecule has 11 heteroatoms. The van der Waals surface area contributed by atoms with Gasteiger partial charge in [0.05, 0.1) is 0 Å². The molecule has 0 aliphatic carbocycles. The van der Waals surface area contributed by atoms with Gasteiger partial charge in [-0.2, -0.15) is 0 Å². The van der Waals surface area contributed by atoms with E-state index in [2.05, 4.69) is 10.3 Å². The molecule has 9 nitrogen and oxygen atoms in total. The summed E-state index contributed by atoms with van der Waals surface area (Å²) in [5.41, 5.74) is 1.53. The number of benzene rings is 2. The van der Waals surface area contributed by atoms with Gasteiger partial charge in [0.2, 0.25) is 5.60 Å². The third-order valence-electron chi connectivity index (χ3n) is 5.34. The third-order valence-corrected chi connectivity index (χ3v) is 5.56. The summed E-state index contributed by atoms with van der Waals surface area (Å²) in [5.74, 6) is 2.44. The van der Waals surface area contributed by atoms with Gasteiger partial charge in [-0.1, -0.05) is 11.6 Å². The molecule has 1 saturated heterocycles. The molecule has 1 atom stereocenters. The Balaban J connectivity index is 1.50. The number of carbonyl (C=O) groups excluding carboxylic acids is 3. The summed E-state index contributed by atoms with van der Waals surface area (Å²) in [6, 6.07) is 10.4. The van der Waals surface area contributed by atoms with Gasteiger partial charge in [-0.05, 0) is 48.0 Å². The van der Waals surface area contributed by atoms with E-state index in [1.165, 1.54) is 17.0 Å². The molecule has 1 aromatic heterocycles. The summed E-state index contributed by atoms with van der Waals surface area (Å²) < 4.78 is 13.5. The zero-order chi connectivity index (χ0) is 23.0. The Bertz CT molecular complexity index is 1230. The van der Waals surface area contributed by atoms with Gasteiger partial charge in [0.15, 0.2) is 0 Å². The van der Waals surface area contributed by atoms with E-state index in [1.807, 2.05) is 5.43 Å². The van der Waals surface area contributed by atoms with E-state index < -0.39 is 29.1 Å². The Morgan fingerprint density at radius 2 is 2.03 bits per heavy atom. The van der Waals surface area contributed by atoms with Crippen LogP contribution in [-0.2, 0) is 16.1 Å². The molecule has 166 valence electrons. The van der Waals surface area contributed by atoms with Crippen LogP contribution in [0.15, 0.2) is 42.5 Å². The number of hydrogen-bond acceptors (Lipinski definition) is 5. The molecule has 1 aliphatic heterocycles. The summed E-state index contributed by atoms with van der Waals surface area (Å²) in [6.45, 7) is 0.00775. The van der Waals surface area contributed by atoms with Crippen LogP contribution in [0.25, 0.3) is 10.9 Å². The number of nitrogens with one attached hydrogen (secondary N) is 3. The number of rotatable bonds is 5. The first-order valence-electron chi connectivity index (χ1n) is 9.62. The van der Waals surface area contributed by atoms with Crippen LogP contribution in [-0.4, -0.2) is 40.0 Å². The number of H-pyrrole nitrogens is 1. The van der Waals surface area contributed by atoms with Gasteiger partial charge < -0.3 is 20.3 Å². The number of halogens is 2. The van der Waals surface area contributed by atoms with Gasteiger partial charge in [-0.3, -0.25) is 19.8 Å². The maximum atomic E-state index is 13.5. The van der Waals surface area contributed by atoms with E-state index in [1.54, 1.807) is 24.3 Å². The van der Waals surface area contributed by atoms with Crippen LogP contribution in [0.2, 0.25) is 5.02 Å². The fourth-order valence-electron chi connectivity index (χ4n) is 3.69. The van der Waals surface area contributed by atoms with E-state index in [0.717, 1.165) is 6.07 Å². The average Bonchev–Trinajstić information content (AvgIpc) is 3.32. The van der Waals surface area contributed by atoms with Crippen molar-refractivity contribution in [2.24, 2.45) is 5.84 Å². The molecule has 6 N–H and O–H groups in total. The second-order valence-corrected chi connectivity index (χ2v) is 7.89. The molecule has 2 heterocycles. The van der Waals surface area contributed by atoms with Gasteiger partial charge in [-0.25, -0.2) is 10.2 Å². The largest absolute Gasteiger partial charge is 0.372 e. The molecule has 0 spiro atoms. The highest BCUT2D eigenvalue weighted by Crippen LogP contribution is 2.31. The number of nitrogen functional groups attached to an aromatic ring is 1. The summed E-state index contributed by atoms with van der Waals surface area (Å²) >= 11 is 5.81. The first-order valence-corrected chi connectivity index (χ1v) is 10.0. The maximum absolute atomic E-state index is 13.5. The van der Waals surface area contributed by atoms with Crippen molar-refractivity contribution >= 4 is 45.9 Å². The predicted octanol–water partition coefficient (Wildman–Crippen LogP) is 1.35. The number of aromatic amines is 1. The van der Waals surface area contributed by atoms with Gasteiger partial charge in [0.1, 0.15) is 11.5 Å². The number of carbonyl (C=O) groups is 3. The number of hydrazine groups is 1. The highest BCUT2D eigenvalue weighted by molar-refractivity contribution is 6.30. The molecule has 1 fully saturated rings. The minimum atomic E-state index is -2.26. The minimum Gasteiger partial charge on any atom is -0.372 e. The van der Waals surface area contributed by atoms with E-state index in [4.69, 9.17) is 17.4 Å². The fourth-order valence-corrected chi connectivity index (χ4v) is 3.94. The van der Waals surface area contributed by atoms with Crippen molar-refractivity contribution in [2.75, 3.05) is 11.4 Å². The van der Waals surface area contributed by atoms with Crippen LogP contribution < -0.4 is 21.5 Å². The van der Waals surface area contributed by atoms with Crippen molar-refractivity contribution in [3.05, 3.63) is 64.6 Å². The molecule has 3 amide bonds. The first kappa shape index (κ1) is 21.8. The number of fused-ring (bicyclic) bond motifs is 1. The monoisotopic (exact) mass is 459 g/mol. The van der Waals surface area contributed by atoms with Crippen LogP contribution in [0, 0.1) is 5.82 Å². The molecule has 32 heavy (non-hydrogen) atoms. The zero-order valence-electron chi connectivity index (χ0n) is 16.6. The minimum absolute atomic E-state index is 0.104. The second-order valence-electron chi connectivity index (χ2n) is 7.46. The average molecular weight is 460 g/mol. The topological polar surface area (TPSA) is 141 Å². The number of hydrogen-bond donors (Lipinski definition) is 5. The summed E-state index contributed by atoms with van der Waals surface area (Å²) in [4.78, 5) is 41.5. The lowest BCUT2D eigenvalue weighted by atomic mass is 10.0. The molecular weight excluding hydrogens is 441 g/mol. The smallest absolute Gasteiger partial charge is 0.281 e. The van der Waals surface area contributed by atoms with Crippen molar-refractivity contribution in [3.8, 4) is 0 Å². The number of amides is 3. The number of anilines is 1. The first-order chi connectivity index (χ1) is 15.2. The molecule has 0 saturated carbocycles. The van der Waals surface area contributed by atoms with Crippen LogP contribution in [0.1, 0.15) is 22.5 Å². The molecule has 4 rings (SSSR count). The molecule has 0 radical (unpaired) electrons. The normalized spacial score (nSPS) is 18.2. The van der Waals surface area contributed by atoms with Crippen molar-refractivity contribution in [2.45, 2.75) is 18.6 Å². The van der Waals surface area contributed by atoms with E-state index in [-0.39, 0.29) is 30.2 Å². The zero-order valence-corrected chi connectivity index (χ0v) is 17.4. The Hall–Kier alpha value is -3.47. The van der Waals surface area contributed by atoms with Crippen molar-refractivity contribution in [1.29, 1.82) is 0 Å². The molecule has 3 aromatic rings.